The van der Waals surface area contributed by atoms with E-state index in [-0.39, 0.29) is 5.91 Å². The molecule has 0 saturated carbocycles. The summed E-state index contributed by atoms with van der Waals surface area (Å²) < 4.78 is 10.5. The molecule has 3 rings (SSSR count). The smallest absolute Gasteiger partial charge is 0.263 e. The number of carbonyl (C=O) groups excluding carboxylic acids is 1. The van der Waals surface area contributed by atoms with Gasteiger partial charge in [0, 0.05) is 24.5 Å². The predicted octanol–water partition coefficient (Wildman–Crippen LogP) is 3.46. The first-order valence-corrected chi connectivity index (χ1v) is 8.81. The number of pyridine rings is 1. The Morgan fingerprint density at radius 3 is 2.54 bits per heavy atom. The van der Waals surface area contributed by atoms with Crippen LogP contribution >= 0.6 is 11.3 Å². The lowest BCUT2D eigenvalue weighted by Crippen LogP contribution is -2.22. The number of hydrogen-bond donors (Lipinski definition) is 1. The van der Waals surface area contributed by atoms with Gasteiger partial charge in [-0.25, -0.2) is 4.98 Å². The SMILES string of the molecule is COc1ccc(CNC(=O)c2sc(-c3ccncc3)nc2C)cc1OC. The second kappa shape index (κ2) is 7.97. The Labute approximate surface area is 155 Å². The molecule has 0 unspecified atom stereocenters. The van der Waals surface area contributed by atoms with Gasteiger partial charge in [0.1, 0.15) is 9.88 Å². The number of amides is 1. The zero-order chi connectivity index (χ0) is 18.5. The fourth-order valence-electron chi connectivity index (χ4n) is 2.48. The first kappa shape index (κ1) is 17.9. The minimum atomic E-state index is -0.143. The van der Waals surface area contributed by atoms with E-state index in [1.54, 1.807) is 26.6 Å². The van der Waals surface area contributed by atoms with Crippen molar-refractivity contribution in [3.63, 3.8) is 0 Å². The monoisotopic (exact) mass is 369 g/mol. The summed E-state index contributed by atoms with van der Waals surface area (Å²) in [6.45, 7) is 2.23. The Bertz CT molecular complexity index is 910. The zero-order valence-corrected chi connectivity index (χ0v) is 15.6. The molecule has 6 nitrogen and oxygen atoms in total. The lowest BCUT2D eigenvalue weighted by Gasteiger charge is -2.10. The second-order valence-electron chi connectivity index (χ2n) is 5.54. The summed E-state index contributed by atoms with van der Waals surface area (Å²) in [5, 5.41) is 3.74. The number of nitrogens with zero attached hydrogens (tertiary/aromatic N) is 2. The van der Waals surface area contributed by atoms with E-state index in [2.05, 4.69) is 15.3 Å². The van der Waals surface area contributed by atoms with Crippen LogP contribution in [0, 0.1) is 6.92 Å². The maximum atomic E-state index is 12.6. The summed E-state index contributed by atoms with van der Waals surface area (Å²) in [7, 11) is 3.17. The van der Waals surface area contributed by atoms with Crippen LogP contribution in [-0.2, 0) is 6.54 Å². The standard InChI is InChI=1S/C19H19N3O3S/c1-12-17(26-19(22-12)14-6-8-20-9-7-14)18(23)21-11-13-4-5-15(24-2)16(10-13)25-3/h4-10H,11H2,1-3H3,(H,21,23). The van der Waals surface area contributed by atoms with Crippen LogP contribution in [0.15, 0.2) is 42.7 Å². The maximum Gasteiger partial charge on any atom is 0.263 e. The fraction of sp³-hybridized carbons (Fsp3) is 0.211. The van der Waals surface area contributed by atoms with Crippen molar-refractivity contribution in [1.82, 2.24) is 15.3 Å². The number of benzene rings is 1. The van der Waals surface area contributed by atoms with Gasteiger partial charge in [0.2, 0.25) is 0 Å². The van der Waals surface area contributed by atoms with E-state index >= 15 is 0 Å². The van der Waals surface area contributed by atoms with E-state index in [4.69, 9.17) is 9.47 Å². The van der Waals surface area contributed by atoms with Crippen LogP contribution in [0.3, 0.4) is 0 Å². The van der Waals surface area contributed by atoms with Crippen molar-refractivity contribution in [2.45, 2.75) is 13.5 Å². The molecule has 26 heavy (non-hydrogen) atoms. The van der Waals surface area contributed by atoms with Gasteiger partial charge in [0.25, 0.3) is 5.91 Å². The van der Waals surface area contributed by atoms with Crippen molar-refractivity contribution in [2.24, 2.45) is 0 Å². The van der Waals surface area contributed by atoms with Crippen molar-refractivity contribution < 1.29 is 14.3 Å². The predicted molar refractivity (Wildman–Crippen MR) is 101 cm³/mol. The van der Waals surface area contributed by atoms with Crippen LogP contribution in [0.2, 0.25) is 0 Å². The molecule has 0 radical (unpaired) electrons. The van der Waals surface area contributed by atoms with Gasteiger partial charge in [-0.1, -0.05) is 6.07 Å². The van der Waals surface area contributed by atoms with E-state index in [0.29, 0.717) is 28.6 Å². The summed E-state index contributed by atoms with van der Waals surface area (Å²) >= 11 is 1.37. The van der Waals surface area contributed by atoms with Crippen LogP contribution in [0.25, 0.3) is 10.6 Å². The number of aryl methyl sites for hydroxylation is 1. The zero-order valence-electron chi connectivity index (χ0n) is 14.8. The van der Waals surface area contributed by atoms with Crippen molar-refractivity contribution in [2.75, 3.05) is 14.2 Å². The normalized spacial score (nSPS) is 10.4. The molecule has 1 N–H and O–H groups in total. The molecular formula is C19H19N3O3S. The van der Waals surface area contributed by atoms with Crippen molar-refractivity contribution in [3.8, 4) is 22.1 Å². The first-order valence-electron chi connectivity index (χ1n) is 7.99. The molecule has 1 aromatic carbocycles. The van der Waals surface area contributed by atoms with Crippen molar-refractivity contribution >= 4 is 17.2 Å². The number of nitrogens with one attached hydrogen (secondary N) is 1. The summed E-state index contributed by atoms with van der Waals surface area (Å²) in [6.07, 6.45) is 3.42. The third-order valence-electron chi connectivity index (χ3n) is 3.83. The van der Waals surface area contributed by atoms with Gasteiger partial charge < -0.3 is 14.8 Å². The third kappa shape index (κ3) is 3.83. The van der Waals surface area contributed by atoms with Gasteiger partial charge in [-0.05, 0) is 36.8 Å². The Morgan fingerprint density at radius 2 is 1.85 bits per heavy atom. The highest BCUT2D eigenvalue weighted by atomic mass is 32.1. The molecule has 0 spiro atoms. The molecule has 0 saturated heterocycles. The van der Waals surface area contributed by atoms with Gasteiger partial charge in [-0.15, -0.1) is 11.3 Å². The van der Waals surface area contributed by atoms with E-state index in [1.807, 2.05) is 37.3 Å². The Hall–Kier alpha value is -2.93. The summed E-state index contributed by atoms with van der Waals surface area (Å²) in [6, 6.07) is 9.32. The quantitative estimate of drug-likeness (QED) is 0.720. The Balaban J connectivity index is 1.72. The molecule has 3 aromatic rings. The van der Waals surface area contributed by atoms with Crippen molar-refractivity contribution in [3.05, 3.63) is 58.9 Å². The number of aromatic nitrogens is 2. The van der Waals surface area contributed by atoms with E-state index in [1.165, 1.54) is 11.3 Å². The summed E-state index contributed by atoms with van der Waals surface area (Å²) in [5.41, 5.74) is 2.59. The van der Waals surface area contributed by atoms with E-state index in [9.17, 15) is 4.79 Å². The van der Waals surface area contributed by atoms with Gasteiger partial charge >= 0.3 is 0 Å². The van der Waals surface area contributed by atoms with Crippen LogP contribution in [0.5, 0.6) is 11.5 Å². The number of carbonyl (C=O) groups is 1. The van der Waals surface area contributed by atoms with Gasteiger partial charge in [0.15, 0.2) is 11.5 Å². The highest BCUT2D eigenvalue weighted by molar-refractivity contribution is 7.17. The van der Waals surface area contributed by atoms with Crippen molar-refractivity contribution in [1.29, 1.82) is 0 Å². The average molecular weight is 369 g/mol. The van der Waals surface area contributed by atoms with E-state index < -0.39 is 0 Å². The topological polar surface area (TPSA) is 73.3 Å². The molecule has 0 aliphatic carbocycles. The number of hydrogen-bond acceptors (Lipinski definition) is 6. The molecule has 7 heteroatoms. The largest absolute Gasteiger partial charge is 0.493 e. The first-order chi connectivity index (χ1) is 12.6. The molecule has 0 atom stereocenters. The molecule has 2 aromatic heterocycles. The number of methoxy groups -OCH3 is 2. The van der Waals surface area contributed by atoms with Gasteiger partial charge in [-0.2, -0.15) is 0 Å². The van der Waals surface area contributed by atoms with Gasteiger partial charge in [-0.3, -0.25) is 9.78 Å². The van der Waals surface area contributed by atoms with Crippen LogP contribution in [-0.4, -0.2) is 30.1 Å². The Kier molecular flexibility index (Phi) is 5.48. The number of rotatable bonds is 6. The lowest BCUT2D eigenvalue weighted by atomic mass is 10.2. The molecular weight excluding hydrogens is 350 g/mol. The van der Waals surface area contributed by atoms with Crippen LogP contribution in [0.1, 0.15) is 20.9 Å². The fourth-order valence-corrected chi connectivity index (χ4v) is 3.47. The molecule has 0 fully saturated rings. The molecule has 134 valence electrons. The minimum Gasteiger partial charge on any atom is -0.493 e. The average Bonchev–Trinajstić information content (AvgIpc) is 3.08. The number of ether oxygens (including phenoxy) is 2. The van der Waals surface area contributed by atoms with Crippen LogP contribution in [0.4, 0.5) is 0 Å². The molecule has 0 bridgehead atoms. The Morgan fingerprint density at radius 1 is 1.12 bits per heavy atom. The maximum absolute atomic E-state index is 12.6. The lowest BCUT2D eigenvalue weighted by molar-refractivity contribution is 0.0954. The summed E-state index contributed by atoms with van der Waals surface area (Å²) in [4.78, 5) is 21.7. The van der Waals surface area contributed by atoms with Gasteiger partial charge in [0.05, 0.1) is 19.9 Å². The molecule has 2 heterocycles. The highest BCUT2D eigenvalue weighted by Crippen LogP contribution is 2.29. The highest BCUT2D eigenvalue weighted by Gasteiger charge is 2.16. The van der Waals surface area contributed by atoms with Crippen LogP contribution < -0.4 is 14.8 Å². The molecule has 0 aliphatic rings. The molecule has 1 amide bonds. The van der Waals surface area contributed by atoms with E-state index in [0.717, 1.165) is 16.1 Å². The second-order valence-corrected chi connectivity index (χ2v) is 6.54. The number of thiazole rings is 1. The minimum absolute atomic E-state index is 0.143. The summed E-state index contributed by atoms with van der Waals surface area (Å²) in [5.74, 6) is 1.14. The third-order valence-corrected chi connectivity index (χ3v) is 5.04. The molecule has 0 aliphatic heterocycles.